The number of nitrogens with one attached hydrogen (secondary N) is 1. The van der Waals surface area contributed by atoms with Gasteiger partial charge in [-0.25, -0.2) is 0 Å². The molecule has 0 spiro atoms. The van der Waals surface area contributed by atoms with E-state index in [-0.39, 0.29) is 92.3 Å². The first-order valence-corrected chi connectivity index (χ1v) is 44.4. The number of halogens is 1. The van der Waals surface area contributed by atoms with Crippen molar-refractivity contribution in [3.63, 3.8) is 0 Å². The Balaban J connectivity index is 0.000000187. The first kappa shape index (κ1) is 88.3. The van der Waals surface area contributed by atoms with Gasteiger partial charge in [0.15, 0.2) is 11.6 Å². The molecule has 12 saturated carbocycles. The Morgan fingerprint density at radius 1 is 0.495 bits per heavy atom. The summed E-state index contributed by atoms with van der Waals surface area (Å²) in [7, 11) is 4.48. The van der Waals surface area contributed by atoms with Gasteiger partial charge in [-0.15, -0.1) is 23.5 Å². The summed E-state index contributed by atoms with van der Waals surface area (Å²) >= 11 is 6.78. The molecule has 16 nitrogen and oxygen atoms in total. The minimum Gasteiger partial charge on any atom is -0.390 e. The molecule has 0 amide bonds. The maximum absolute atomic E-state index is 13.5. The van der Waals surface area contributed by atoms with Crippen molar-refractivity contribution < 1.29 is 48.1 Å². The number of carbonyl (C=O) groups excluding carboxylic acids is 3. The zero-order valence-electron chi connectivity index (χ0n) is 63.5. The number of alkyl halides is 1. The number of thioether (sulfide) groups is 2. The van der Waals surface area contributed by atoms with E-state index in [0.29, 0.717) is 93.4 Å². The number of fused-ring (bicyclic) bond motifs is 15. The van der Waals surface area contributed by atoms with Crippen molar-refractivity contribution in [2.75, 3.05) is 65.2 Å². The van der Waals surface area contributed by atoms with E-state index in [2.05, 4.69) is 57.1 Å². The Bertz CT molecular complexity index is 3360. The zero-order chi connectivity index (χ0) is 72.3. The van der Waals surface area contributed by atoms with Crippen LogP contribution in [-0.2, 0) is 52.5 Å². The van der Waals surface area contributed by atoms with Crippen LogP contribution in [0.3, 0.4) is 0 Å². The van der Waals surface area contributed by atoms with Crippen molar-refractivity contribution in [2.24, 2.45) is 121 Å². The molecule has 12 fully saturated rings. The fourth-order valence-corrected chi connectivity index (χ4v) is 28.6. The highest BCUT2D eigenvalue weighted by Gasteiger charge is 2.67. The molecule has 4 N–H and O–H groups in total. The standard InChI is InChI=1S/C27H42N2O4S.C27H42N2O3S.C23H37BrO3.C4H6N2S.4CH4/c1-25(31)11-12-27(17-33-3)18(13-25)5-6-20-21-7-8-23(26(21,2)10-9-22(20)27)24(30)16-29-15-19(14-28-29)34(4)32;1-25(31)11-12-27(17-32-3)18(13-25)5-6-20-21-7-8-23(26(21,2)10-9-22(20)27)24(30)16-29-15-19(33-4)14-28-29;1-21(26)10-11-23(14-27-3)15(12-21)4-5-16-17-6-7-19(20(25)13-24)22(17,2)9-8-18(16)23;1-7-4-2-5-6-3-4;;;;/h14-15,18,20-23,31H,5-13,16-17H2,1-4H3;14-15,18,20-23,31H,5-13,16-17H2,1-4H3;15-19,26H,4-14H2,1-3H3;2-3H,1H3,(H,5,6);4*1H4/t18-,20+,21+,22+,23-,25-,26+,27-,34?;18-,20+,21+,22+,23-,25-,26+,27-;15-,16+,17+,18+,19-,21-,22+,23-;;;;;/m111...../s1. The summed E-state index contributed by atoms with van der Waals surface area (Å²) in [5.41, 5.74) is -0.537. The topological polar surface area (TPSA) is 221 Å². The second-order valence-corrected chi connectivity index (χ2v) is 40.4. The number of aromatic nitrogens is 6. The maximum atomic E-state index is 13.5. The van der Waals surface area contributed by atoms with Crippen molar-refractivity contribution in [1.82, 2.24) is 29.8 Å². The van der Waals surface area contributed by atoms with Crippen LogP contribution in [0, 0.1) is 121 Å². The third-order valence-corrected chi connectivity index (χ3v) is 34.4. The highest BCUT2D eigenvalue weighted by Crippen LogP contribution is 2.72. The predicted molar refractivity (Wildman–Crippen MR) is 431 cm³/mol. The molecule has 3 heterocycles. The van der Waals surface area contributed by atoms with Gasteiger partial charge < -0.3 is 29.5 Å². The van der Waals surface area contributed by atoms with E-state index in [1.165, 1.54) is 81.9 Å². The number of ether oxygens (including phenoxy) is 3. The number of rotatable bonds is 17. The maximum Gasteiger partial charge on any atom is 0.157 e. The second-order valence-electron chi connectivity index (χ2n) is 36.7. The third kappa shape index (κ3) is 16.9. The van der Waals surface area contributed by atoms with Crippen molar-refractivity contribution in [2.45, 2.75) is 289 Å². The van der Waals surface area contributed by atoms with Gasteiger partial charge in [0.05, 0.1) is 89.3 Å². The van der Waals surface area contributed by atoms with Crippen LogP contribution >= 0.6 is 39.5 Å². The summed E-state index contributed by atoms with van der Waals surface area (Å²) in [6.07, 6.45) is 46.4. The van der Waals surface area contributed by atoms with Gasteiger partial charge >= 0.3 is 0 Å². The van der Waals surface area contributed by atoms with Crippen molar-refractivity contribution in [3.8, 4) is 0 Å². The van der Waals surface area contributed by atoms with Crippen LogP contribution in [0.5, 0.6) is 0 Å². The number of aliphatic hydroxyl groups is 3. The minimum atomic E-state index is -1.08. The van der Waals surface area contributed by atoms with Crippen LogP contribution in [0.4, 0.5) is 0 Å². The molecule has 3 aromatic heterocycles. The first-order chi connectivity index (χ1) is 48.0. The van der Waals surface area contributed by atoms with E-state index in [0.717, 1.165) is 127 Å². The first-order valence-electron chi connectivity index (χ1n) is 39.3. The fourth-order valence-electron chi connectivity index (χ4n) is 27.0. The quantitative estimate of drug-likeness (QED) is 0.0729. The lowest BCUT2D eigenvalue weighted by Gasteiger charge is -2.62. The normalized spacial score (nSPS) is 42.5. The molecule has 598 valence electrons. The van der Waals surface area contributed by atoms with Gasteiger partial charge in [-0.3, -0.25) is 33.1 Å². The largest absolute Gasteiger partial charge is 0.390 e. The average Bonchev–Trinajstić information content (AvgIpc) is 1.71. The highest BCUT2D eigenvalue weighted by molar-refractivity contribution is 9.09. The molecular formula is C85H143BrN6O10S3. The molecule has 12 aliphatic rings. The minimum absolute atomic E-state index is 0. The highest BCUT2D eigenvalue weighted by atomic mass is 79.9. The molecule has 0 radical (unpaired) electrons. The number of hydrogen-bond acceptors (Lipinski definition) is 15. The number of carbonyl (C=O) groups is 3. The lowest BCUT2D eigenvalue weighted by molar-refractivity contribution is -0.175. The lowest BCUT2D eigenvalue weighted by atomic mass is 9.43. The molecule has 25 atom stereocenters. The zero-order valence-corrected chi connectivity index (χ0v) is 67.5. The van der Waals surface area contributed by atoms with Crippen molar-refractivity contribution in [1.29, 1.82) is 0 Å². The van der Waals surface area contributed by atoms with Gasteiger partial charge in [0.2, 0.25) is 0 Å². The number of nitrogens with zero attached hydrogens (tertiary/aromatic N) is 5. The van der Waals surface area contributed by atoms with Gasteiger partial charge in [0.1, 0.15) is 5.78 Å². The van der Waals surface area contributed by atoms with E-state index in [4.69, 9.17) is 14.2 Å². The molecular weight excluding hydrogens is 1440 g/mol. The summed E-state index contributed by atoms with van der Waals surface area (Å²) in [4.78, 5) is 42.6. The molecule has 0 aromatic carbocycles. The molecule has 3 aromatic rings. The lowest BCUT2D eigenvalue weighted by Crippen LogP contribution is -2.58. The van der Waals surface area contributed by atoms with Gasteiger partial charge in [0, 0.05) is 73.7 Å². The number of Topliss-reactive ketones (excluding diaryl/α,β-unsaturated/α-hetero) is 3. The SMILES string of the molecule is C.C.C.C.COC[C@]12CC[C@@](C)(O)C[C@H]1CC[C@H]1[C@@H]3CC[C@H](C(=O)CBr)[C@@]3(C)CC[C@@H]12.COC[C@]12CC[C@@](C)(O)C[C@H]1CC[C@H]1[C@@H]3CC[C@H](C(=O)Cn4cc(S(C)=O)cn4)[C@@]3(C)CC[C@@H]12.COC[C@]12CC[C@@](C)(O)C[C@H]1CC[C@H]1[C@@H]3CC[C@H](C(=O)Cn4cc(SC)cn4)[C@@]3(C)CC[C@@H]12.CSc1cn[nH]c1. The number of H-pyrrole nitrogens is 1. The Kier molecular flexibility index (Phi) is 29.4. The third-order valence-electron chi connectivity index (χ3n) is 31.6. The summed E-state index contributed by atoms with van der Waals surface area (Å²) in [6.45, 7) is 16.5. The number of methoxy groups -OCH3 is 3. The average molecular weight is 1590 g/mol. The van der Waals surface area contributed by atoms with Crippen LogP contribution in [0.15, 0.2) is 51.9 Å². The Labute approximate surface area is 654 Å². The van der Waals surface area contributed by atoms with Gasteiger partial charge in [-0.05, 0) is 310 Å². The number of aromatic amines is 1. The second kappa shape index (κ2) is 35.0. The van der Waals surface area contributed by atoms with E-state index in [1.54, 1.807) is 53.1 Å². The van der Waals surface area contributed by atoms with Crippen LogP contribution in [-0.4, -0.2) is 149 Å². The Morgan fingerprint density at radius 2 is 0.857 bits per heavy atom. The van der Waals surface area contributed by atoms with Crippen molar-refractivity contribution >= 4 is 67.6 Å². The van der Waals surface area contributed by atoms with Crippen LogP contribution in [0.25, 0.3) is 0 Å². The number of hydrogen-bond donors (Lipinski definition) is 4. The van der Waals surface area contributed by atoms with E-state index in [9.17, 15) is 33.9 Å². The molecule has 15 rings (SSSR count). The van der Waals surface area contributed by atoms with Gasteiger partial charge in [0.25, 0.3) is 0 Å². The van der Waals surface area contributed by atoms with Crippen LogP contribution < -0.4 is 0 Å². The van der Waals surface area contributed by atoms with E-state index in [1.807, 2.05) is 77.9 Å². The smallest absolute Gasteiger partial charge is 0.157 e. The summed E-state index contributed by atoms with van der Waals surface area (Å²) in [6, 6.07) is 0. The monoisotopic (exact) mass is 1580 g/mol. The van der Waals surface area contributed by atoms with Crippen LogP contribution in [0.2, 0.25) is 0 Å². The molecule has 12 aliphatic carbocycles. The molecule has 105 heavy (non-hydrogen) atoms. The fraction of sp³-hybridized carbons (Fsp3) is 0.859. The predicted octanol–water partition coefficient (Wildman–Crippen LogP) is 18.1. The summed E-state index contributed by atoms with van der Waals surface area (Å²) < 4.78 is 32.8. The van der Waals surface area contributed by atoms with Crippen LogP contribution in [0.1, 0.15) is 245 Å². The molecule has 1 unspecified atom stereocenters. The van der Waals surface area contributed by atoms with E-state index < -0.39 is 27.6 Å². The summed E-state index contributed by atoms with van der Waals surface area (Å²) in [5.74, 6) is 9.34. The van der Waals surface area contributed by atoms with Gasteiger partial charge in [-0.2, -0.15) is 15.3 Å². The van der Waals surface area contributed by atoms with Crippen molar-refractivity contribution in [3.05, 3.63) is 37.2 Å². The molecule has 0 aliphatic heterocycles. The van der Waals surface area contributed by atoms with Gasteiger partial charge in [-0.1, -0.05) is 66.4 Å². The number of ketones is 3. The Morgan fingerprint density at radius 3 is 1.16 bits per heavy atom. The Hall–Kier alpha value is -2.27. The van der Waals surface area contributed by atoms with E-state index >= 15 is 0 Å². The molecule has 0 saturated heterocycles. The summed E-state index contributed by atoms with van der Waals surface area (Å²) in [5, 5.41) is 48.1. The molecule has 20 heteroatoms. The molecule has 0 bridgehead atoms.